The maximum absolute atomic E-state index is 5.92. The van der Waals surface area contributed by atoms with Gasteiger partial charge in [0, 0.05) is 29.0 Å². The van der Waals surface area contributed by atoms with E-state index in [1.165, 1.54) is 0 Å². The molecule has 0 aliphatic rings. The molecule has 1 aromatic carbocycles. The molecule has 0 radical (unpaired) electrons. The molecule has 1 heterocycles. The molecule has 0 spiro atoms. The minimum absolute atomic E-state index is 0.458. The lowest BCUT2D eigenvalue weighted by molar-refractivity contribution is 0.218. The molecule has 1 aromatic heterocycles. The Balaban J connectivity index is 2.44. The van der Waals surface area contributed by atoms with Crippen molar-refractivity contribution in [2.75, 3.05) is 13.2 Å². The number of fused-ring (bicyclic) bond motifs is 1. The minimum atomic E-state index is -2.76. The molecule has 6 heteroatoms. The zero-order valence-corrected chi connectivity index (χ0v) is 13.5. The second-order valence-electron chi connectivity index (χ2n) is 4.15. The Morgan fingerprint density at radius 1 is 1.15 bits per heavy atom. The van der Waals surface area contributed by atoms with Gasteiger partial charge in [-0.3, -0.25) is 14.0 Å². The van der Waals surface area contributed by atoms with Crippen molar-refractivity contribution in [3.63, 3.8) is 0 Å². The summed E-state index contributed by atoms with van der Waals surface area (Å²) in [7, 11) is 0. The van der Waals surface area contributed by atoms with Gasteiger partial charge in [0.2, 0.25) is 0 Å². The van der Waals surface area contributed by atoms with E-state index in [-0.39, 0.29) is 0 Å². The van der Waals surface area contributed by atoms with Crippen molar-refractivity contribution in [2.45, 2.75) is 20.8 Å². The van der Waals surface area contributed by atoms with E-state index in [0.29, 0.717) is 19.0 Å². The molecule has 20 heavy (non-hydrogen) atoms. The number of aryl methyl sites for hydroxylation is 1. The Morgan fingerprint density at radius 3 is 2.45 bits per heavy atom. The monoisotopic (exact) mass is 311 g/mol. The molecule has 0 aliphatic carbocycles. The van der Waals surface area contributed by atoms with Crippen LogP contribution in [0, 0.1) is 6.92 Å². The van der Waals surface area contributed by atoms with E-state index in [0.717, 1.165) is 16.6 Å². The summed E-state index contributed by atoms with van der Waals surface area (Å²) >= 11 is 5.41. The summed E-state index contributed by atoms with van der Waals surface area (Å²) in [4.78, 5) is 4.47. The van der Waals surface area contributed by atoms with Gasteiger partial charge >= 0.3 is 6.72 Å². The first kappa shape index (κ1) is 15.4. The zero-order valence-electron chi connectivity index (χ0n) is 11.8. The fourth-order valence-electron chi connectivity index (χ4n) is 1.87. The lowest BCUT2D eigenvalue weighted by atomic mass is 10.2. The Hall–Kier alpha value is -1.00. The van der Waals surface area contributed by atoms with Crippen LogP contribution in [0.1, 0.15) is 19.5 Å². The van der Waals surface area contributed by atoms with Crippen LogP contribution in [-0.4, -0.2) is 18.2 Å². The van der Waals surface area contributed by atoms with Gasteiger partial charge in [0.25, 0.3) is 0 Å². The van der Waals surface area contributed by atoms with E-state index in [4.69, 9.17) is 25.4 Å². The Labute approximate surface area is 124 Å². The number of benzene rings is 1. The van der Waals surface area contributed by atoms with Crippen molar-refractivity contribution in [3.8, 4) is 5.75 Å². The quantitative estimate of drug-likeness (QED) is 0.747. The highest BCUT2D eigenvalue weighted by Crippen LogP contribution is 2.50. The van der Waals surface area contributed by atoms with Gasteiger partial charge in [-0.25, -0.2) is 0 Å². The first-order valence-corrected chi connectivity index (χ1v) is 9.08. The fourth-order valence-corrected chi connectivity index (χ4v) is 3.95. The number of aromatic nitrogens is 1. The summed E-state index contributed by atoms with van der Waals surface area (Å²) in [5, 5.41) is 0.909. The van der Waals surface area contributed by atoms with Crippen LogP contribution in [0.15, 0.2) is 30.3 Å². The van der Waals surface area contributed by atoms with E-state index in [9.17, 15) is 0 Å². The van der Waals surface area contributed by atoms with Crippen molar-refractivity contribution in [1.29, 1.82) is 0 Å². The van der Waals surface area contributed by atoms with Crippen LogP contribution in [-0.2, 0) is 20.9 Å². The highest BCUT2D eigenvalue weighted by Gasteiger charge is 2.22. The van der Waals surface area contributed by atoms with E-state index in [1.807, 2.05) is 51.1 Å². The highest BCUT2D eigenvalue weighted by molar-refractivity contribution is 8.07. The predicted molar refractivity (Wildman–Crippen MR) is 84.6 cm³/mol. The van der Waals surface area contributed by atoms with Crippen molar-refractivity contribution >= 4 is 29.4 Å². The van der Waals surface area contributed by atoms with Crippen molar-refractivity contribution < 1.29 is 13.6 Å². The summed E-state index contributed by atoms with van der Waals surface area (Å²) in [5.74, 6) is 0.665. The topological polar surface area (TPSA) is 40.6 Å². The third-order valence-electron chi connectivity index (χ3n) is 2.59. The third-order valence-corrected chi connectivity index (χ3v) is 5.02. The first-order chi connectivity index (χ1) is 9.58. The van der Waals surface area contributed by atoms with Crippen LogP contribution < -0.4 is 4.52 Å². The van der Waals surface area contributed by atoms with Gasteiger partial charge in [0.15, 0.2) is 0 Å². The SMILES string of the molecule is CCOP(=S)(OCC)Oc1cc(C)nc2ccccc12. The predicted octanol–water partition coefficient (Wildman–Crippen LogP) is 4.22. The number of hydrogen-bond donors (Lipinski definition) is 0. The summed E-state index contributed by atoms with van der Waals surface area (Å²) in [5.41, 5.74) is 1.74. The molecule has 0 fully saturated rings. The number of hydrogen-bond acceptors (Lipinski definition) is 5. The Kier molecular flexibility index (Phi) is 5.11. The second-order valence-corrected chi connectivity index (χ2v) is 7.09. The van der Waals surface area contributed by atoms with Crippen LogP contribution in [0.2, 0.25) is 0 Å². The molecule has 2 rings (SSSR count). The minimum Gasteiger partial charge on any atom is -0.423 e. The van der Waals surface area contributed by atoms with Gasteiger partial charge in [-0.15, -0.1) is 0 Å². The van der Waals surface area contributed by atoms with Gasteiger partial charge < -0.3 is 4.52 Å². The number of rotatable bonds is 6. The van der Waals surface area contributed by atoms with Crippen molar-refractivity contribution in [1.82, 2.24) is 4.98 Å². The van der Waals surface area contributed by atoms with Gasteiger partial charge in [-0.05, 0) is 32.9 Å². The average molecular weight is 311 g/mol. The standard InChI is InChI=1S/C14H18NO3PS/c1-4-16-19(20,17-5-2)18-14-10-11(3)15-13-9-7-6-8-12(13)14/h6-10H,4-5H2,1-3H3. The lowest BCUT2D eigenvalue weighted by Gasteiger charge is -2.22. The molecule has 0 saturated heterocycles. The van der Waals surface area contributed by atoms with Crippen LogP contribution in [0.5, 0.6) is 5.75 Å². The van der Waals surface area contributed by atoms with E-state index in [1.54, 1.807) is 0 Å². The normalized spacial score (nSPS) is 11.8. The van der Waals surface area contributed by atoms with Crippen LogP contribution >= 0.6 is 6.72 Å². The second kappa shape index (κ2) is 6.64. The molecular weight excluding hydrogens is 293 g/mol. The number of pyridine rings is 1. The van der Waals surface area contributed by atoms with Gasteiger partial charge in [-0.1, -0.05) is 12.1 Å². The fraction of sp³-hybridized carbons (Fsp3) is 0.357. The molecule has 0 atom stereocenters. The largest absolute Gasteiger partial charge is 0.423 e. The van der Waals surface area contributed by atoms with Crippen LogP contribution in [0.25, 0.3) is 10.9 Å². The maximum Gasteiger partial charge on any atom is 0.380 e. The number of para-hydroxylation sites is 1. The molecule has 0 N–H and O–H groups in total. The zero-order chi connectivity index (χ0) is 14.6. The lowest BCUT2D eigenvalue weighted by Crippen LogP contribution is -2.03. The molecule has 0 unspecified atom stereocenters. The summed E-state index contributed by atoms with van der Waals surface area (Å²) < 4.78 is 17.0. The molecule has 0 bridgehead atoms. The molecular formula is C14H18NO3PS. The summed E-state index contributed by atoms with van der Waals surface area (Å²) in [6, 6.07) is 9.65. The Morgan fingerprint density at radius 2 is 1.80 bits per heavy atom. The summed E-state index contributed by atoms with van der Waals surface area (Å²) in [6.45, 7) is 3.82. The maximum atomic E-state index is 5.92. The van der Waals surface area contributed by atoms with Gasteiger partial charge in [-0.2, -0.15) is 0 Å². The third kappa shape index (κ3) is 3.55. The highest BCUT2D eigenvalue weighted by atomic mass is 32.5. The van der Waals surface area contributed by atoms with Crippen molar-refractivity contribution in [2.24, 2.45) is 0 Å². The molecule has 0 saturated carbocycles. The smallest absolute Gasteiger partial charge is 0.380 e. The van der Waals surface area contributed by atoms with E-state index >= 15 is 0 Å². The molecule has 2 aromatic rings. The first-order valence-electron chi connectivity index (χ1n) is 6.53. The average Bonchev–Trinajstić information content (AvgIpc) is 2.38. The van der Waals surface area contributed by atoms with E-state index < -0.39 is 6.72 Å². The molecule has 0 amide bonds. The van der Waals surface area contributed by atoms with Crippen LogP contribution in [0.3, 0.4) is 0 Å². The number of nitrogens with zero attached hydrogens (tertiary/aromatic N) is 1. The van der Waals surface area contributed by atoms with Gasteiger partial charge in [0.1, 0.15) is 5.75 Å². The molecule has 4 nitrogen and oxygen atoms in total. The Bertz CT molecular complexity index is 637. The van der Waals surface area contributed by atoms with Gasteiger partial charge in [0.05, 0.1) is 18.7 Å². The molecule has 0 aliphatic heterocycles. The van der Waals surface area contributed by atoms with Crippen LogP contribution in [0.4, 0.5) is 0 Å². The van der Waals surface area contributed by atoms with Crippen molar-refractivity contribution in [3.05, 3.63) is 36.0 Å². The van der Waals surface area contributed by atoms with E-state index in [2.05, 4.69) is 4.98 Å². The summed E-state index contributed by atoms with van der Waals surface area (Å²) in [6.07, 6.45) is 0. The molecule has 108 valence electrons.